The van der Waals surface area contributed by atoms with Gasteiger partial charge in [-0.05, 0) is 43.3 Å². The van der Waals surface area contributed by atoms with E-state index >= 15 is 0 Å². The maximum absolute atomic E-state index is 4.68. The van der Waals surface area contributed by atoms with Crippen molar-refractivity contribution in [3.63, 3.8) is 0 Å². The highest BCUT2D eigenvalue weighted by Gasteiger charge is 2.10. The molecule has 23 heavy (non-hydrogen) atoms. The summed E-state index contributed by atoms with van der Waals surface area (Å²) in [5.41, 5.74) is 5.47. The van der Waals surface area contributed by atoms with Crippen LogP contribution in [0.3, 0.4) is 0 Å². The average molecular weight is 301 g/mol. The summed E-state index contributed by atoms with van der Waals surface area (Å²) in [6.07, 6.45) is 5.42. The van der Waals surface area contributed by atoms with Gasteiger partial charge in [-0.1, -0.05) is 6.07 Å². The predicted octanol–water partition coefficient (Wildman–Crippen LogP) is 4.07. The van der Waals surface area contributed by atoms with E-state index in [4.69, 9.17) is 0 Å². The van der Waals surface area contributed by atoms with Gasteiger partial charge in [-0.25, -0.2) is 4.98 Å². The summed E-state index contributed by atoms with van der Waals surface area (Å²) in [7, 11) is 0. The molecule has 4 rings (SSSR count). The topological polar surface area (TPSA) is 66.5 Å². The lowest BCUT2D eigenvalue weighted by atomic mass is 10.2. The number of hydrogen-bond donors (Lipinski definition) is 2. The van der Waals surface area contributed by atoms with Crippen LogP contribution < -0.4 is 5.32 Å². The third-order valence-electron chi connectivity index (χ3n) is 3.64. The highest BCUT2D eigenvalue weighted by Crippen LogP contribution is 2.29. The smallest absolute Gasteiger partial charge is 0.140 e. The van der Waals surface area contributed by atoms with Gasteiger partial charge in [0.25, 0.3) is 0 Å². The lowest BCUT2D eigenvalue weighted by Crippen LogP contribution is -1.95. The summed E-state index contributed by atoms with van der Waals surface area (Å²) in [5.74, 6) is 0. The highest BCUT2D eigenvalue weighted by molar-refractivity contribution is 5.93. The minimum atomic E-state index is 0.834. The Morgan fingerprint density at radius 3 is 2.65 bits per heavy atom. The first-order valence-corrected chi connectivity index (χ1v) is 7.39. The minimum absolute atomic E-state index is 0.834. The fraction of sp³-hybridized carbons (Fsp3) is 0.0556. The molecule has 0 radical (unpaired) electrons. The molecule has 5 heteroatoms. The van der Waals surface area contributed by atoms with Crippen LogP contribution in [-0.2, 0) is 0 Å². The van der Waals surface area contributed by atoms with Crippen molar-refractivity contribution in [2.75, 3.05) is 5.32 Å². The lowest BCUT2D eigenvalue weighted by Gasteiger charge is -2.10. The van der Waals surface area contributed by atoms with Crippen LogP contribution in [0.5, 0.6) is 0 Å². The number of aryl methyl sites for hydroxylation is 1. The van der Waals surface area contributed by atoms with Crippen molar-refractivity contribution in [2.24, 2.45) is 0 Å². The third kappa shape index (κ3) is 2.64. The fourth-order valence-electron chi connectivity index (χ4n) is 2.55. The summed E-state index contributed by atoms with van der Waals surface area (Å²) in [5, 5.41) is 4.47. The second-order valence-corrected chi connectivity index (χ2v) is 5.32. The largest absolute Gasteiger partial charge is 0.355 e. The quantitative estimate of drug-likeness (QED) is 0.598. The van der Waals surface area contributed by atoms with Crippen LogP contribution >= 0.6 is 0 Å². The fourth-order valence-corrected chi connectivity index (χ4v) is 2.55. The van der Waals surface area contributed by atoms with Crippen molar-refractivity contribution in [3.8, 4) is 11.4 Å². The number of rotatable bonds is 3. The molecular formula is C18H15N5. The second-order valence-electron chi connectivity index (χ2n) is 5.32. The Hall–Kier alpha value is -3.21. The molecular weight excluding hydrogens is 286 g/mol. The zero-order valence-corrected chi connectivity index (χ0v) is 12.6. The molecule has 0 aliphatic rings. The van der Waals surface area contributed by atoms with Gasteiger partial charge in [0, 0.05) is 35.4 Å². The first-order valence-electron chi connectivity index (χ1n) is 7.39. The maximum atomic E-state index is 4.68. The second kappa shape index (κ2) is 5.53. The lowest BCUT2D eigenvalue weighted by molar-refractivity contribution is 1.18. The number of anilines is 2. The molecule has 0 amide bonds. The molecule has 0 fully saturated rings. The molecule has 2 N–H and O–H groups in total. The van der Waals surface area contributed by atoms with Gasteiger partial charge in [0.05, 0.1) is 17.1 Å². The summed E-state index contributed by atoms with van der Waals surface area (Å²) in [4.78, 5) is 16.5. The number of aromatic nitrogens is 4. The number of hydrogen-bond acceptors (Lipinski definition) is 4. The van der Waals surface area contributed by atoms with Crippen LogP contribution in [0.2, 0.25) is 0 Å². The number of aromatic amines is 1. The zero-order valence-electron chi connectivity index (χ0n) is 12.6. The van der Waals surface area contributed by atoms with E-state index < -0.39 is 0 Å². The molecule has 4 heterocycles. The van der Waals surface area contributed by atoms with Crippen molar-refractivity contribution in [2.45, 2.75) is 6.92 Å². The van der Waals surface area contributed by atoms with Gasteiger partial charge < -0.3 is 10.3 Å². The highest BCUT2D eigenvalue weighted by atomic mass is 14.9. The van der Waals surface area contributed by atoms with E-state index in [0.29, 0.717) is 0 Å². The van der Waals surface area contributed by atoms with Crippen molar-refractivity contribution in [1.29, 1.82) is 0 Å². The first kappa shape index (κ1) is 13.5. The van der Waals surface area contributed by atoms with E-state index in [1.165, 1.54) is 0 Å². The van der Waals surface area contributed by atoms with Gasteiger partial charge in [0.1, 0.15) is 5.65 Å². The summed E-state index contributed by atoms with van der Waals surface area (Å²) in [6, 6.07) is 13.9. The predicted molar refractivity (Wildman–Crippen MR) is 91.6 cm³/mol. The van der Waals surface area contributed by atoms with Crippen LogP contribution in [0.15, 0.2) is 61.1 Å². The molecule has 0 saturated heterocycles. The molecule has 0 aliphatic heterocycles. The van der Waals surface area contributed by atoms with E-state index in [2.05, 4.69) is 25.3 Å². The Morgan fingerprint density at radius 2 is 1.83 bits per heavy atom. The Bertz CT molecular complexity index is 959. The Morgan fingerprint density at radius 1 is 0.957 bits per heavy atom. The van der Waals surface area contributed by atoms with Crippen LogP contribution in [0.25, 0.3) is 22.4 Å². The SMILES string of the molecule is Cc1cccc(-c2cc(Nc3ccncc3)c3cc[nH]c3n2)n1. The molecule has 0 aromatic carbocycles. The van der Waals surface area contributed by atoms with Gasteiger partial charge in [-0.15, -0.1) is 0 Å². The van der Waals surface area contributed by atoms with Crippen LogP contribution in [0.1, 0.15) is 5.69 Å². The van der Waals surface area contributed by atoms with Crippen LogP contribution in [0.4, 0.5) is 11.4 Å². The van der Waals surface area contributed by atoms with Crippen LogP contribution in [0, 0.1) is 6.92 Å². The van der Waals surface area contributed by atoms with Crippen molar-refractivity contribution < 1.29 is 0 Å². The van der Waals surface area contributed by atoms with Gasteiger partial charge in [0.15, 0.2) is 0 Å². The normalized spacial score (nSPS) is 10.8. The summed E-state index contributed by atoms with van der Waals surface area (Å²) in [6.45, 7) is 1.98. The van der Waals surface area contributed by atoms with E-state index in [-0.39, 0.29) is 0 Å². The molecule has 4 aromatic heterocycles. The number of pyridine rings is 3. The summed E-state index contributed by atoms with van der Waals surface area (Å²) < 4.78 is 0. The first-order chi connectivity index (χ1) is 11.3. The van der Waals surface area contributed by atoms with Gasteiger partial charge in [0.2, 0.25) is 0 Å². The molecule has 0 saturated carbocycles. The number of fused-ring (bicyclic) bond motifs is 1. The molecule has 112 valence electrons. The Labute approximate surface area is 133 Å². The standard InChI is InChI=1S/C18H15N5/c1-12-3-2-4-15(21-12)17-11-16(14-7-10-20-18(14)23-17)22-13-5-8-19-9-6-13/h2-11H,1H3,(H2,19,20,22,23). The molecule has 5 nitrogen and oxygen atoms in total. The zero-order chi connectivity index (χ0) is 15.6. The van der Waals surface area contributed by atoms with Crippen molar-refractivity contribution >= 4 is 22.4 Å². The maximum Gasteiger partial charge on any atom is 0.140 e. The van der Waals surface area contributed by atoms with Gasteiger partial charge in [-0.3, -0.25) is 9.97 Å². The Balaban J connectivity index is 1.84. The molecule has 4 aromatic rings. The minimum Gasteiger partial charge on any atom is -0.355 e. The van der Waals surface area contributed by atoms with Crippen LogP contribution in [-0.4, -0.2) is 19.9 Å². The van der Waals surface area contributed by atoms with Gasteiger partial charge >= 0.3 is 0 Å². The number of nitrogens with one attached hydrogen (secondary N) is 2. The molecule has 0 unspecified atom stereocenters. The Kier molecular flexibility index (Phi) is 3.24. The molecule has 0 aliphatic carbocycles. The van der Waals surface area contributed by atoms with E-state index in [9.17, 15) is 0 Å². The van der Waals surface area contributed by atoms with Crippen molar-refractivity contribution in [3.05, 3.63) is 66.7 Å². The van der Waals surface area contributed by atoms with E-state index in [0.717, 1.165) is 39.5 Å². The molecule has 0 bridgehead atoms. The van der Waals surface area contributed by atoms with Gasteiger partial charge in [-0.2, -0.15) is 0 Å². The van der Waals surface area contributed by atoms with E-state index in [1.807, 2.05) is 55.6 Å². The van der Waals surface area contributed by atoms with E-state index in [1.54, 1.807) is 12.4 Å². The molecule has 0 spiro atoms. The number of H-pyrrole nitrogens is 1. The monoisotopic (exact) mass is 301 g/mol. The molecule has 0 atom stereocenters. The average Bonchev–Trinajstić information content (AvgIpc) is 3.05. The summed E-state index contributed by atoms with van der Waals surface area (Å²) >= 11 is 0. The van der Waals surface area contributed by atoms with Crippen molar-refractivity contribution in [1.82, 2.24) is 19.9 Å². The number of nitrogens with zero attached hydrogens (tertiary/aromatic N) is 3. The third-order valence-corrected chi connectivity index (χ3v) is 3.64.